The van der Waals surface area contributed by atoms with Gasteiger partial charge in [0.15, 0.2) is 0 Å². The summed E-state index contributed by atoms with van der Waals surface area (Å²) in [5, 5.41) is 2.85. The molecule has 0 N–H and O–H groups in total. The standard InChI is InChI=1S/C30H22O4/c31-27(19-21-11-3-1-4-12-21)33-29-23-15-7-9-17-25(23)30(26-18-10-8-16-24(26)29)34-28(32)20-22-13-5-2-6-14-22/h1-18H,19-20H2. The predicted molar refractivity (Wildman–Crippen MR) is 133 cm³/mol. The number of carbonyl (C=O) groups is 2. The van der Waals surface area contributed by atoms with E-state index in [1.54, 1.807) is 0 Å². The van der Waals surface area contributed by atoms with Gasteiger partial charge in [-0.05, 0) is 11.1 Å². The zero-order valence-electron chi connectivity index (χ0n) is 18.4. The molecule has 5 rings (SSSR count). The van der Waals surface area contributed by atoms with Crippen molar-refractivity contribution in [1.29, 1.82) is 0 Å². The lowest BCUT2D eigenvalue weighted by molar-refractivity contribution is -0.134. The van der Waals surface area contributed by atoms with E-state index in [4.69, 9.17) is 9.47 Å². The summed E-state index contributed by atoms with van der Waals surface area (Å²) in [6.07, 6.45) is 0.328. The summed E-state index contributed by atoms with van der Waals surface area (Å²) in [7, 11) is 0. The van der Waals surface area contributed by atoms with Crippen molar-refractivity contribution in [3.63, 3.8) is 0 Å². The third kappa shape index (κ3) is 4.52. The van der Waals surface area contributed by atoms with Crippen molar-refractivity contribution in [2.75, 3.05) is 0 Å². The summed E-state index contributed by atoms with van der Waals surface area (Å²) in [6.45, 7) is 0. The molecule has 0 saturated heterocycles. The number of fused-ring (bicyclic) bond motifs is 2. The molecule has 34 heavy (non-hydrogen) atoms. The number of hydrogen-bond donors (Lipinski definition) is 0. The van der Waals surface area contributed by atoms with Crippen LogP contribution < -0.4 is 9.47 Å². The van der Waals surface area contributed by atoms with Crippen molar-refractivity contribution in [3.05, 3.63) is 120 Å². The monoisotopic (exact) mass is 446 g/mol. The van der Waals surface area contributed by atoms with E-state index in [1.807, 2.05) is 109 Å². The maximum Gasteiger partial charge on any atom is 0.315 e. The molecule has 0 saturated carbocycles. The first-order valence-corrected chi connectivity index (χ1v) is 11.1. The highest BCUT2D eigenvalue weighted by molar-refractivity contribution is 6.12. The smallest absolute Gasteiger partial charge is 0.315 e. The first-order valence-electron chi connectivity index (χ1n) is 11.1. The van der Waals surface area contributed by atoms with Gasteiger partial charge in [-0.15, -0.1) is 0 Å². The SMILES string of the molecule is O=C(Cc1ccccc1)Oc1c2ccccc2c(OC(=O)Cc2ccccc2)c2ccccc12. The molecule has 5 aromatic rings. The molecule has 0 heterocycles. The van der Waals surface area contributed by atoms with Crippen molar-refractivity contribution in [2.24, 2.45) is 0 Å². The molecule has 5 aromatic carbocycles. The molecule has 0 aliphatic heterocycles. The number of esters is 2. The van der Waals surface area contributed by atoms with Gasteiger partial charge in [-0.1, -0.05) is 109 Å². The highest BCUT2D eigenvalue weighted by Crippen LogP contribution is 2.42. The first kappa shape index (κ1) is 21.4. The fourth-order valence-corrected chi connectivity index (χ4v) is 4.09. The molecule has 0 radical (unpaired) electrons. The van der Waals surface area contributed by atoms with Crippen LogP contribution >= 0.6 is 0 Å². The lowest BCUT2D eigenvalue weighted by atomic mass is 10.0. The van der Waals surface area contributed by atoms with Crippen LogP contribution in [-0.2, 0) is 22.4 Å². The molecule has 0 aliphatic rings. The Kier molecular flexibility index (Phi) is 6.04. The molecule has 0 atom stereocenters. The van der Waals surface area contributed by atoms with Gasteiger partial charge >= 0.3 is 11.9 Å². The Hall–Kier alpha value is -4.44. The Bertz CT molecular complexity index is 1300. The molecule has 0 unspecified atom stereocenters. The topological polar surface area (TPSA) is 52.6 Å². The van der Waals surface area contributed by atoms with Crippen molar-refractivity contribution < 1.29 is 19.1 Å². The van der Waals surface area contributed by atoms with Gasteiger partial charge in [0.2, 0.25) is 0 Å². The van der Waals surface area contributed by atoms with Crippen LogP contribution in [-0.4, -0.2) is 11.9 Å². The molecular weight excluding hydrogens is 424 g/mol. The fourth-order valence-electron chi connectivity index (χ4n) is 4.09. The van der Waals surface area contributed by atoms with Crippen molar-refractivity contribution in [2.45, 2.75) is 12.8 Å². The van der Waals surface area contributed by atoms with Gasteiger partial charge in [0.1, 0.15) is 11.5 Å². The minimum Gasteiger partial charge on any atom is -0.425 e. The largest absolute Gasteiger partial charge is 0.425 e. The Morgan fingerprint density at radius 3 is 1.06 bits per heavy atom. The van der Waals surface area contributed by atoms with Crippen LogP contribution in [0.4, 0.5) is 0 Å². The number of hydrogen-bond acceptors (Lipinski definition) is 4. The van der Waals surface area contributed by atoms with Crippen LogP contribution in [0.2, 0.25) is 0 Å². The van der Waals surface area contributed by atoms with E-state index in [2.05, 4.69) is 0 Å². The molecule has 4 heteroatoms. The zero-order valence-corrected chi connectivity index (χ0v) is 18.4. The molecule has 166 valence electrons. The van der Waals surface area contributed by atoms with Crippen LogP contribution in [0.3, 0.4) is 0 Å². The Morgan fingerprint density at radius 1 is 0.441 bits per heavy atom. The van der Waals surface area contributed by atoms with E-state index >= 15 is 0 Å². The van der Waals surface area contributed by atoms with Crippen LogP contribution in [0.5, 0.6) is 11.5 Å². The zero-order chi connectivity index (χ0) is 23.3. The maximum atomic E-state index is 12.8. The second-order valence-electron chi connectivity index (χ2n) is 8.02. The molecule has 0 aliphatic carbocycles. The van der Waals surface area contributed by atoms with Gasteiger partial charge in [0.05, 0.1) is 12.8 Å². The Morgan fingerprint density at radius 2 is 0.735 bits per heavy atom. The van der Waals surface area contributed by atoms with E-state index < -0.39 is 0 Å². The van der Waals surface area contributed by atoms with Crippen molar-refractivity contribution in [1.82, 2.24) is 0 Å². The quantitative estimate of drug-likeness (QED) is 0.175. The third-order valence-corrected chi connectivity index (χ3v) is 5.65. The normalized spacial score (nSPS) is 10.8. The van der Waals surface area contributed by atoms with Gasteiger partial charge in [0, 0.05) is 21.5 Å². The number of rotatable bonds is 6. The van der Waals surface area contributed by atoms with E-state index in [1.165, 1.54) is 0 Å². The number of benzene rings is 5. The number of ether oxygens (including phenoxy) is 2. The van der Waals surface area contributed by atoms with Crippen molar-refractivity contribution in [3.8, 4) is 11.5 Å². The number of carbonyl (C=O) groups excluding carboxylic acids is 2. The highest BCUT2D eigenvalue weighted by atomic mass is 16.5. The Labute approximate surface area is 197 Å². The molecule has 0 spiro atoms. The van der Waals surface area contributed by atoms with Gasteiger partial charge in [-0.25, -0.2) is 0 Å². The average molecular weight is 447 g/mol. The van der Waals surface area contributed by atoms with E-state index in [-0.39, 0.29) is 24.8 Å². The van der Waals surface area contributed by atoms with E-state index in [0.29, 0.717) is 33.0 Å². The summed E-state index contributed by atoms with van der Waals surface area (Å²) in [4.78, 5) is 25.7. The average Bonchev–Trinajstić information content (AvgIpc) is 2.87. The summed E-state index contributed by atoms with van der Waals surface area (Å²) in [5.74, 6) is 0.232. The lowest BCUT2D eigenvalue weighted by Crippen LogP contribution is -2.13. The minimum absolute atomic E-state index is 0.164. The molecule has 0 amide bonds. The van der Waals surface area contributed by atoms with Gasteiger partial charge in [-0.3, -0.25) is 9.59 Å². The van der Waals surface area contributed by atoms with E-state index in [9.17, 15) is 9.59 Å². The highest BCUT2D eigenvalue weighted by Gasteiger charge is 2.20. The first-order chi connectivity index (χ1) is 16.7. The molecular formula is C30H22O4. The second-order valence-corrected chi connectivity index (χ2v) is 8.02. The summed E-state index contributed by atoms with van der Waals surface area (Å²) >= 11 is 0. The molecule has 0 bridgehead atoms. The summed E-state index contributed by atoms with van der Waals surface area (Å²) < 4.78 is 11.8. The minimum atomic E-state index is -0.352. The van der Waals surface area contributed by atoms with Crippen LogP contribution in [0.25, 0.3) is 21.5 Å². The molecule has 4 nitrogen and oxygen atoms in total. The van der Waals surface area contributed by atoms with Gasteiger partial charge < -0.3 is 9.47 Å². The lowest BCUT2D eigenvalue weighted by Gasteiger charge is -2.16. The fraction of sp³-hybridized carbons (Fsp3) is 0.0667. The third-order valence-electron chi connectivity index (χ3n) is 5.65. The van der Waals surface area contributed by atoms with Gasteiger partial charge in [-0.2, -0.15) is 0 Å². The Balaban J connectivity index is 1.54. The predicted octanol–water partition coefficient (Wildman–Crippen LogP) is 6.29. The van der Waals surface area contributed by atoms with Gasteiger partial charge in [0.25, 0.3) is 0 Å². The summed E-state index contributed by atoms with van der Waals surface area (Å²) in [6, 6.07) is 34.0. The van der Waals surface area contributed by atoms with Crippen LogP contribution in [0.1, 0.15) is 11.1 Å². The van der Waals surface area contributed by atoms with Crippen LogP contribution in [0.15, 0.2) is 109 Å². The second kappa shape index (κ2) is 9.59. The van der Waals surface area contributed by atoms with E-state index in [0.717, 1.165) is 11.1 Å². The van der Waals surface area contributed by atoms with Crippen LogP contribution in [0, 0.1) is 0 Å². The summed E-state index contributed by atoms with van der Waals surface area (Å²) in [5.41, 5.74) is 1.76. The maximum absolute atomic E-state index is 12.8. The molecule has 0 fully saturated rings. The van der Waals surface area contributed by atoms with Crippen molar-refractivity contribution >= 4 is 33.5 Å². The molecule has 0 aromatic heterocycles.